The number of halogens is 1. The summed E-state index contributed by atoms with van der Waals surface area (Å²) in [4.78, 5) is 31.6. The maximum Gasteiger partial charge on any atom is 0.308 e. The number of carboxylic acid groups (broad SMARTS) is 1. The number of methoxy groups -OCH3 is 1. The Morgan fingerprint density at radius 2 is 1.85 bits per heavy atom. The number of allylic oxidation sites excluding steroid dienone is 2. The number of carboxylic acids is 1. The second kappa shape index (κ2) is 14.9. The van der Waals surface area contributed by atoms with Gasteiger partial charge in [-0.05, 0) is 86.9 Å². The number of carbonyl (C=O) groups is 2. The average molecular weight is 639 g/mol. The highest BCUT2D eigenvalue weighted by atomic mass is 19.1. The van der Waals surface area contributed by atoms with E-state index in [-0.39, 0.29) is 36.5 Å². The van der Waals surface area contributed by atoms with E-state index in [9.17, 15) is 19.1 Å². The Kier molecular flexibility index (Phi) is 11.4. The number of ether oxygens (including phenoxy) is 3. The molecule has 252 valence electrons. The van der Waals surface area contributed by atoms with Gasteiger partial charge in [-0.15, -0.1) is 0 Å². The van der Waals surface area contributed by atoms with Crippen molar-refractivity contribution in [2.24, 2.45) is 11.3 Å². The molecule has 46 heavy (non-hydrogen) atoms. The van der Waals surface area contributed by atoms with Gasteiger partial charge in [-0.25, -0.2) is 4.39 Å². The lowest BCUT2D eigenvalue weighted by molar-refractivity contribution is -0.143. The van der Waals surface area contributed by atoms with Gasteiger partial charge in [-0.2, -0.15) is 0 Å². The van der Waals surface area contributed by atoms with Gasteiger partial charge in [0.05, 0.1) is 19.6 Å². The molecule has 0 bridgehead atoms. The smallest absolute Gasteiger partial charge is 0.308 e. The lowest BCUT2D eigenvalue weighted by atomic mass is 9.77. The number of likely N-dealkylation sites (tertiary alicyclic amines) is 1. The van der Waals surface area contributed by atoms with Crippen LogP contribution in [0.4, 0.5) is 10.1 Å². The van der Waals surface area contributed by atoms with Gasteiger partial charge in [0, 0.05) is 30.2 Å². The lowest BCUT2D eigenvalue weighted by Gasteiger charge is -2.36. The zero-order chi connectivity index (χ0) is 33.8. The number of rotatable bonds is 14. The molecule has 0 saturated carbocycles. The van der Waals surface area contributed by atoms with E-state index < -0.39 is 23.8 Å². The van der Waals surface area contributed by atoms with Crippen molar-refractivity contribution in [3.8, 4) is 17.2 Å². The first-order chi connectivity index (χ1) is 21.8. The van der Waals surface area contributed by atoms with E-state index in [4.69, 9.17) is 14.2 Å². The predicted octanol–water partition coefficient (Wildman–Crippen LogP) is 7.72. The van der Waals surface area contributed by atoms with E-state index in [0.717, 1.165) is 36.8 Å². The van der Waals surface area contributed by atoms with Crippen LogP contribution in [0.5, 0.6) is 17.2 Å². The summed E-state index contributed by atoms with van der Waals surface area (Å²) in [6, 6.07) is 8.04. The molecule has 2 aliphatic rings. The molecule has 1 amide bonds. The summed E-state index contributed by atoms with van der Waals surface area (Å²) in [6.45, 7) is 14.7. The Balaban J connectivity index is 1.78. The highest BCUT2D eigenvalue weighted by Crippen LogP contribution is 2.48. The fraction of sp³-hybridized carbons (Fsp3) is 0.568. The largest absolute Gasteiger partial charge is 0.493 e. The summed E-state index contributed by atoms with van der Waals surface area (Å²) in [6.07, 6.45) is 6.13. The van der Waals surface area contributed by atoms with Crippen molar-refractivity contribution in [3.05, 3.63) is 58.9 Å². The molecule has 0 spiro atoms. The van der Waals surface area contributed by atoms with Crippen LogP contribution < -0.4 is 19.1 Å². The number of hydrogen-bond donors (Lipinski definition) is 1. The standard InChI is InChI=1S/C37H51FN2O6/c1-9-11-26(12-10-2)40(27-13-14-29(38)24(5)15-27)33(41)21-39-20-28(25-16-31(44-8)35-32(17-25)45-22-46-35)34(36(42)43)30(39)19-37(6,7)18-23(3)4/h13-18,26,28,30,34H,9-12,19-22H2,1-8H3,(H,42,43). The molecular formula is C37H51FN2O6. The average Bonchev–Trinajstić information content (AvgIpc) is 3.58. The third kappa shape index (κ3) is 7.85. The van der Waals surface area contributed by atoms with Crippen LogP contribution in [-0.2, 0) is 9.59 Å². The number of fused-ring (bicyclic) bond motifs is 1. The summed E-state index contributed by atoms with van der Waals surface area (Å²) in [5.41, 5.74) is 2.75. The molecule has 2 aliphatic heterocycles. The molecule has 3 atom stereocenters. The third-order valence-corrected chi connectivity index (χ3v) is 9.19. The third-order valence-electron chi connectivity index (χ3n) is 9.19. The minimum absolute atomic E-state index is 0.0396. The van der Waals surface area contributed by atoms with Crippen LogP contribution in [0.25, 0.3) is 0 Å². The van der Waals surface area contributed by atoms with Gasteiger partial charge in [-0.1, -0.05) is 52.2 Å². The number of carbonyl (C=O) groups excluding carboxylic acids is 1. The first kappa shape index (κ1) is 35.3. The number of aryl methyl sites for hydroxylation is 1. The van der Waals surface area contributed by atoms with Gasteiger partial charge >= 0.3 is 5.97 Å². The molecule has 1 N–H and O–H groups in total. The fourth-order valence-electron chi connectivity index (χ4n) is 7.48. The first-order valence-electron chi connectivity index (χ1n) is 16.5. The zero-order valence-corrected chi connectivity index (χ0v) is 28.7. The van der Waals surface area contributed by atoms with Crippen LogP contribution in [0.2, 0.25) is 0 Å². The van der Waals surface area contributed by atoms with Crippen LogP contribution >= 0.6 is 0 Å². The van der Waals surface area contributed by atoms with Crippen LogP contribution in [-0.4, -0.2) is 61.0 Å². The summed E-state index contributed by atoms with van der Waals surface area (Å²) >= 11 is 0. The molecule has 9 heteroatoms. The van der Waals surface area contributed by atoms with Gasteiger partial charge < -0.3 is 24.2 Å². The van der Waals surface area contributed by atoms with Crippen molar-refractivity contribution in [1.29, 1.82) is 0 Å². The van der Waals surface area contributed by atoms with Crippen LogP contribution in [0.3, 0.4) is 0 Å². The molecule has 0 radical (unpaired) electrons. The summed E-state index contributed by atoms with van der Waals surface area (Å²) < 4.78 is 31.2. The van der Waals surface area contributed by atoms with E-state index in [1.165, 1.54) is 6.07 Å². The summed E-state index contributed by atoms with van der Waals surface area (Å²) in [5, 5.41) is 10.8. The van der Waals surface area contributed by atoms with Crippen molar-refractivity contribution < 1.29 is 33.3 Å². The van der Waals surface area contributed by atoms with Gasteiger partial charge in [0.15, 0.2) is 11.5 Å². The molecule has 0 aliphatic carbocycles. The van der Waals surface area contributed by atoms with Gasteiger partial charge in [0.2, 0.25) is 18.4 Å². The highest BCUT2D eigenvalue weighted by Gasteiger charge is 2.49. The Bertz CT molecular complexity index is 1430. The molecule has 1 saturated heterocycles. The molecule has 2 aromatic carbocycles. The monoisotopic (exact) mass is 638 g/mol. The van der Waals surface area contributed by atoms with E-state index in [1.807, 2.05) is 30.9 Å². The van der Waals surface area contributed by atoms with Crippen molar-refractivity contribution in [1.82, 2.24) is 4.90 Å². The van der Waals surface area contributed by atoms with Crippen LogP contribution in [0.1, 0.15) is 90.7 Å². The van der Waals surface area contributed by atoms with E-state index >= 15 is 0 Å². The Labute approximate surface area is 273 Å². The fourth-order valence-corrected chi connectivity index (χ4v) is 7.48. The number of aliphatic carboxylic acids is 1. The summed E-state index contributed by atoms with van der Waals surface area (Å²) in [5.74, 6) is -1.03. The maximum atomic E-state index is 14.5. The second-order valence-corrected chi connectivity index (χ2v) is 13.8. The Morgan fingerprint density at radius 3 is 2.43 bits per heavy atom. The quantitative estimate of drug-likeness (QED) is 0.212. The van der Waals surface area contributed by atoms with Gasteiger partial charge in [0.25, 0.3) is 0 Å². The van der Waals surface area contributed by atoms with Gasteiger partial charge in [0.1, 0.15) is 5.82 Å². The molecule has 0 aromatic heterocycles. The zero-order valence-electron chi connectivity index (χ0n) is 28.7. The minimum atomic E-state index is -0.907. The van der Waals surface area contributed by atoms with E-state index in [1.54, 1.807) is 26.2 Å². The number of amides is 1. The molecule has 1 fully saturated rings. The van der Waals surface area contributed by atoms with Crippen LogP contribution in [0.15, 0.2) is 42.0 Å². The first-order valence-corrected chi connectivity index (χ1v) is 16.5. The van der Waals surface area contributed by atoms with Crippen molar-refractivity contribution in [2.45, 2.75) is 98.6 Å². The Hall–Kier alpha value is -3.59. The topological polar surface area (TPSA) is 88.5 Å². The van der Waals surface area contributed by atoms with Crippen LogP contribution in [0, 0.1) is 24.1 Å². The Morgan fingerprint density at radius 1 is 1.15 bits per heavy atom. The SMILES string of the molecule is CCCC(CCC)N(C(=O)CN1CC(c2cc(OC)c3c(c2)OCO3)C(C(=O)O)C1CC(C)(C)C=C(C)C)c1ccc(F)c(C)c1. The van der Waals surface area contributed by atoms with Crippen molar-refractivity contribution in [3.63, 3.8) is 0 Å². The molecule has 2 heterocycles. The number of benzene rings is 2. The minimum Gasteiger partial charge on any atom is -0.493 e. The second-order valence-electron chi connectivity index (χ2n) is 13.8. The molecule has 2 aromatic rings. The predicted molar refractivity (Wildman–Crippen MR) is 178 cm³/mol. The highest BCUT2D eigenvalue weighted by molar-refractivity contribution is 5.95. The number of nitrogens with zero attached hydrogens (tertiary/aromatic N) is 2. The van der Waals surface area contributed by atoms with Crippen molar-refractivity contribution in [2.75, 3.05) is 31.9 Å². The van der Waals surface area contributed by atoms with Crippen molar-refractivity contribution >= 4 is 17.6 Å². The lowest BCUT2D eigenvalue weighted by Crippen LogP contribution is -2.48. The molecule has 4 rings (SSSR count). The van der Waals surface area contributed by atoms with E-state index in [0.29, 0.717) is 41.5 Å². The molecule has 8 nitrogen and oxygen atoms in total. The molecule has 3 unspecified atom stereocenters. The summed E-state index contributed by atoms with van der Waals surface area (Å²) in [7, 11) is 1.55. The van der Waals surface area contributed by atoms with Gasteiger partial charge in [-0.3, -0.25) is 14.5 Å². The normalized spacial score (nSPS) is 19.4. The molecular weight excluding hydrogens is 587 g/mol. The number of hydrogen-bond acceptors (Lipinski definition) is 6. The maximum absolute atomic E-state index is 14.5. The van der Waals surface area contributed by atoms with E-state index in [2.05, 4.69) is 38.7 Å². The number of anilines is 1.